The summed E-state index contributed by atoms with van der Waals surface area (Å²) in [6, 6.07) is 13.2. The lowest BCUT2D eigenvalue weighted by Crippen LogP contribution is -1.82. The van der Waals surface area contributed by atoms with E-state index >= 15 is 0 Å². The van der Waals surface area contributed by atoms with Gasteiger partial charge >= 0.3 is 0 Å². The molecule has 0 saturated carbocycles. The third-order valence-corrected chi connectivity index (χ3v) is 2.50. The summed E-state index contributed by atoms with van der Waals surface area (Å²) in [6.45, 7) is 1.96. The third-order valence-electron chi connectivity index (χ3n) is 2.19. The maximum atomic E-state index is 12.9. The number of benzene rings is 2. The fourth-order valence-corrected chi connectivity index (χ4v) is 1.75. The topological polar surface area (TPSA) is 0 Å². The first-order chi connectivity index (χ1) is 7.16. The Hall–Kier alpha value is -1.34. The van der Waals surface area contributed by atoms with Gasteiger partial charge in [-0.1, -0.05) is 29.8 Å². The highest BCUT2D eigenvalue weighted by atomic mass is 35.5. The first-order valence-corrected chi connectivity index (χ1v) is 4.98. The van der Waals surface area contributed by atoms with E-state index in [1.54, 1.807) is 6.07 Å². The number of rotatable bonds is 1. The molecule has 0 N–H and O–H groups in total. The van der Waals surface area contributed by atoms with Gasteiger partial charge in [-0.3, -0.25) is 0 Å². The zero-order chi connectivity index (χ0) is 10.8. The van der Waals surface area contributed by atoms with Crippen LogP contribution in [0.15, 0.2) is 36.4 Å². The summed E-state index contributed by atoms with van der Waals surface area (Å²) >= 11 is 5.97. The van der Waals surface area contributed by atoms with Gasteiger partial charge in [-0.05, 0) is 42.3 Å². The molecule has 0 spiro atoms. The Balaban J connectivity index is 2.54. The quantitative estimate of drug-likeness (QED) is 0.673. The van der Waals surface area contributed by atoms with E-state index < -0.39 is 0 Å². The summed E-state index contributed by atoms with van der Waals surface area (Å²) in [6.07, 6.45) is 0. The van der Waals surface area contributed by atoms with Crippen molar-refractivity contribution in [3.8, 4) is 11.1 Å². The fraction of sp³-hybridized carbons (Fsp3) is 0.0769. The summed E-state index contributed by atoms with van der Waals surface area (Å²) in [5.41, 5.74) is 2.86. The van der Waals surface area contributed by atoms with Crippen molar-refractivity contribution in [2.45, 2.75) is 6.92 Å². The largest absolute Gasteiger partial charge is 0.207 e. The Morgan fingerprint density at radius 2 is 2.00 bits per heavy atom. The number of hydrogen-bond donors (Lipinski definition) is 0. The summed E-state index contributed by atoms with van der Waals surface area (Å²) in [5, 5.41) is 0.431. The van der Waals surface area contributed by atoms with Gasteiger partial charge < -0.3 is 0 Å². The Labute approximate surface area is 93.3 Å². The van der Waals surface area contributed by atoms with E-state index in [-0.39, 0.29) is 5.82 Å². The molecular formula is C13H9ClF. The van der Waals surface area contributed by atoms with E-state index in [4.69, 9.17) is 11.6 Å². The van der Waals surface area contributed by atoms with E-state index in [9.17, 15) is 4.39 Å². The molecule has 75 valence electrons. The van der Waals surface area contributed by atoms with Crippen molar-refractivity contribution in [2.24, 2.45) is 0 Å². The van der Waals surface area contributed by atoms with Crippen LogP contribution in [0.3, 0.4) is 0 Å². The predicted octanol–water partition coefficient (Wildman–Crippen LogP) is 4.25. The van der Waals surface area contributed by atoms with Crippen molar-refractivity contribution in [1.29, 1.82) is 0 Å². The van der Waals surface area contributed by atoms with Gasteiger partial charge in [-0.2, -0.15) is 0 Å². The minimum absolute atomic E-state index is 0.317. The lowest BCUT2D eigenvalue weighted by atomic mass is 10.0. The Morgan fingerprint density at radius 1 is 1.20 bits per heavy atom. The first-order valence-electron chi connectivity index (χ1n) is 4.60. The molecule has 15 heavy (non-hydrogen) atoms. The molecule has 2 aromatic carbocycles. The van der Waals surface area contributed by atoms with Crippen LogP contribution in [-0.2, 0) is 0 Å². The Bertz CT molecular complexity index is 492. The van der Waals surface area contributed by atoms with Crippen molar-refractivity contribution in [3.05, 3.63) is 58.9 Å². The molecule has 2 heteroatoms. The van der Waals surface area contributed by atoms with Gasteiger partial charge in [0.25, 0.3) is 0 Å². The molecule has 0 amide bonds. The van der Waals surface area contributed by atoms with Crippen molar-refractivity contribution >= 4 is 11.6 Å². The minimum Gasteiger partial charge on any atom is -0.207 e. The van der Waals surface area contributed by atoms with Crippen molar-refractivity contribution in [1.82, 2.24) is 0 Å². The molecular weight excluding hydrogens is 211 g/mol. The van der Waals surface area contributed by atoms with Gasteiger partial charge in [0, 0.05) is 5.56 Å². The summed E-state index contributed by atoms with van der Waals surface area (Å²) in [4.78, 5) is 0. The molecule has 0 atom stereocenters. The average Bonchev–Trinajstić information content (AvgIpc) is 2.17. The molecule has 2 aromatic rings. The van der Waals surface area contributed by atoms with E-state index in [0.717, 1.165) is 16.7 Å². The van der Waals surface area contributed by atoms with Crippen LogP contribution in [0, 0.1) is 18.8 Å². The summed E-state index contributed by atoms with van der Waals surface area (Å²) in [7, 11) is 0. The highest BCUT2D eigenvalue weighted by Gasteiger charge is 2.04. The zero-order valence-corrected chi connectivity index (χ0v) is 8.98. The van der Waals surface area contributed by atoms with Gasteiger partial charge in [0.2, 0.25) is 0 Å². The van der Waals surface area contributed by atoms with E-state index in [2.05, 4.69) is 6.07 Å². The summed E-state index contributed by atoms with van der Waals surface area (Å²) in [5.74, 6) is -0.317. The molecule has 0 saturated heterocycles. The second kappa shape index (κ2) is 4.03. The fourth-order valence-electron chi connectivity index (χ4n) is 1.48. The lowest BCUT2D eigenvalue weighted by Gasteiger charge is -2.05. The van der Waals surface area contributed by atoms with Crippen LogP contribution in [0.5, 0.6) is 0 Å². The molecule has 0 heterocycles. The zero-order valence-electron chi connectivity index (χ0n) is 8.22. The number of hydrogen-bond acceptors (Lipinski definition) is 0. The molecule has 1 radical (unpaired) electrons. The monoisotopic (exact) mass is 219 g/mol. The molecule has 0 bridgehead atoms. The molecule has 2 rings (SSSR count). The molecule has 0 fully saturated rings. The molecule has 0 unspecified atom stereocenters. The number of aryl methyl sites for hydroxylation is 1. The Kier molecular flexibility index (Phi) is 2.74. The van der Waals surface area contributed by atoms with E-state index in [0.29, 0.717) is 5.02 Å². The maximum Gasteiger partial charge on any atom is 0.124 e. The van der Waals surface area contributed by atoms with Gasteiger partial charge in [-0.15, -0.1) is 0 Å². The predicted molar refractivity (Wildman–Crippen MR) is 60.4 cm³/mol. The van der Waals surface area contributed by atoms with Crippen LogP contribution in [0.25, 0.3) is 11.1 Å². The standard InChI is InChI=1S/C13H9ClF/c1-9-3-2-4-10(7-9)12-6-5-11(15)8-13(12)14/h2,4-8H,1H3. The lowest BCUT2D eigenvalue weighted by molar-refractivity contribution is 0.628. The molecule has 0 aliphatic carbocycles. The average molecular weight is 220 g/mol. The van der Waals surface area contributed by atoms with E-state index in [1.165, 1.54) is 12.1 Å². The highest BCUT2D eigenvalue weighted by Crippen LogP contribution is 2.28. The van der Waals surface area contributed by atoms with Gasteiger partial charge in [0.1, 0.15) is 5.82 Å². The molecule has 0 aliphatic rings. The SMILES string of the molecule is Cc1[c]ccc(-c2ccc(F)cc2Cl)c1. The normalized spacial score (nSPS) is 10.3. The van der Waals surface area contributed by atoms with Crippen LogP contribution in [0.4, 0.5) is 4.39 Å². The van der Waals surface area contributed by atoms with Crippen LogP contribution in [0.1, 0.15) is 5.56 Å². The van der Waals surface area contributed by atoms with Crippen molar-refractivity contribution in [3.63, 3.8) is 0 Å². The van der Waals surface area contributed by atoms with Crippen molar-refractivity contribution in [2.75, 3.05) is 0 Å². The number of halogens is 2. The van der Waals surface area contributed by atoms with Gasteiger partial charge in [0.05, 0.1) is 5.02 Å². The summed E-state index contributed by atoms with van der Waals surface area (Å²) < 4.78 is 12.9. The van der Waals surface area contributed by atoms with Gasteiger partial charge in [-0.25, -0.2) is 4.39 Å². The minimum atomic E-state index is -0.317. The Morgan fingerprint density at radius 3 is 2.67 bits per heavy atom. The molecule has 0 aliphatic heterocycles. The second-order valence-electron chi connectivity index (χ2n) is 3.38. The molecule has 0 aromatic heterocycles. The first kappa shape index (κ1) is 10.2. The van der Waals surface area contributed by atoms with Crippen molar-refractivity contribution < 1.29 is 4.39 Å². The van der Waals surface area contributed by atoms with Crippen LogP contribution in [0.2, 0.25) is 5.02 Å². The van der Waals surface area contributed by atoms with Gasteiger partial charge in [0.15, 0.2) is 0 Å². The third kappa shape index (κ3) is 2.18. The van der Waals surface area contributed by atoms with Crippen LogP contribution in [-0.4, -0.2) is 0 Å². The van der Waals surface area contributed by atoms with Crippen LogP contribution < -0.4 is 0 Å². The molecule has 0 nitrogen and oxygen atoms in total. The second-order valence-corrected chi connectivity index (χ2v) is 3.79. The smallest absolute Gasteiger partial charge is 0.124 e. The maximum absolute atomic E-state index is 12.9. The van der Waals surface area contributed by atoms with Crippen LogP contribution >= 0.6 is 11.6 Å². The van der Waals surface area contributed by atoms with E-state index in [1.807, 2.05) is 25.1 Å². The highest BCUT2D eigenvalue weighted by molar-refractivity contribution is 6.33.